The number of benzene rings is 1. The molecule has 0 saturated heterocycles. The van der Waals surface area contributed by atoms with E-state index in [1.54, 1.807) is 0 Å². The van der Waals surface area contributed by atoms with E-state index in [-0.39, 0.29) is 11.1 Å². The lowest BCUT2D eigenvalue weighted by Crippen LogP contribution is -2.16. The fraction of sp³-hybridized carbons (Fsp3) is 0.154. The molecule has 1 N–H and O–H groups in total. The summed E-state index contributed by atoms with van der Waals surface area (Å²) in [4.78, 5) is 3.05. The highest BCUT2D eigenvalue weighted by molar-refractivity contribution is 5.71. The molecule has 0 unspecified atom stereocenters. The zero-order chi connectivity index (χ0) is 16.5. The number of aromatic nitrogens is 1. The molecule has 1 aromatic carbocycles. The normalized spacial score (nSPS) is 12.3. The number of hydrogen-bond acceptors (Lipinski definition) is 3. The van der Waals surface area contributed by atoms with Crippen LogP contribution in [0, 0.1) is 0 Å². The lowest BCUT2D eigenvalue weighted by atomic mass is 10.0. The van der Waals surface area contributed by atoms with E-state index in [0.717, 1.165) is 36.5 Å². The van der Waals surface area contributed by atoms with Crippen LogP contribution in [-0.2, 0) is 6.18 Å². The molecular weight excluding hydrogens is 316 g/mol. The average molecular weight is 323 g/mol. The molecule has 0 fully saturated rings. The fourth-order valence-electron chi connectivity index (χ4n) is 1.73. The molecule has 0 aliphatic carbocycles. The summed E-state index contributed by atoms with van der Waals surface area (Å²) in [5, 5.41) is 9.64. The highest BCUT2D eigenvalue weighted by atomic mass is 19.4. The Morgan fingerprint density at radius 1 is 0.909 bits per heavy atom. The molecule has 9 heteroatoms. The first-order valence-corrected chi connectivity index (χ1v) is 5.69. The molecule has 0 aliphatic heterocycles. The zero-order valence-corrected chi connectivity index (χ0v) is 10.5. The third kappa shape index (κ3) is 3.60. The largest absolute Gasteiger partial charge is 0.573 e. The second kappa shape index (κ2) is 5.39. The number of rotatable bonds is 2. The van der Waals surface area contributed by atoms with Gasteiger partial charge in [-0.3, -0.25) is 0 Å². The second-order valence-corrected chi connectivity index (χ2v) is 4.13. The summed E-state index contributed by atoms with van der Waals surface area (Å²) in [6.45, 7) is 0. The molecule has 2 aromatic rings. The quantitative estimate of drug-likeness (QED) is 0.835. The van der Waals surface area contributed by atoms with Crippen LogP contribution in [0.2, 0.25) is 0 Å². The average Bonchev–Trinajstić information content (AvgIpc) is 2.37. The zero-order valence-electron chi connectivity index (χ0n) is 10.5. The molecule has 118 valence electrons. The van der Waals surface area contributed by atoms with Gasteiger partial charge >= 0.3 is 12.5 Å². The predicted molar refractivity (Wildman–Crippen MR) is 63.0 cm³/mol. The molecule has 2 rings (SSSR count). The first-order valence-electron chi connectivity index (χ1n) is 5.69. The molecule has 3 nitrogen and oxygen atoms in total. The maximum Gasteiger partial charge on any atom is 0.573 e. The van der Waals surface area contributed by atoms with Crippen LogP contribution in [0.5, 0.6) is 11.5 Å². The van der Waals surface area contributed by atoms with Crippen LogP contribution in [0.3, 0.4) is 0 Å². The smallest absolute Gasteiger partial charge is 0.505 e. The lowest BCUT2D eigenvalue weighted by Gasteiger charge is -2.12. The summed E-state index contributed by atoms with van der Waals surface area (Å²) in [6, 6.07) is 5.16. The van der Waals surface area contributed by atoms with Crippen molar-refractivity contribution >= 4 is 0 Å². The Labute approximate surface area is 119 Å². The summed E-state index contributed by atoms with van der Waals surface area (Å²) in [5.74, 6) is -1.62. The van der Waals surface area contributed by atoms with Crippen molar-refractivity contribution in [2.75, 3.05) is 0 Å². The van der Waals surface area contributed by atoms with Crippen molar-refractivity contribution in [3.05, 3.63) is 42.2 Å². The maximum absolute atomic E-state index is 12.6. The van der Waals surface area contributed by atoms with Gasteiger partial charge in [-0.15, -0.1) is 13.2 Å². The van der Waals surface area contributed by atoms with Crippen molar-refractivity contribution in [3.8, 4) is 22.6 Å². The van der Waals surface area contributed by atoms with Gasteiger partial charge in [-0.25, -0.2) is 4.98 Å². The van der Waals surface area contributed by atoms with E-state index in [0.29, 0.717) is 0 Å². The summed E-state index contributed by atoms with van der Waals surface area (Å²) in [6.07, 6.45) is -8.87. The minimum Gasteiger partial charge on any atom is -0.505 e. The molecule has 0 radical (unpaired) electrons. The number of ether oxygens (including phenoxy) is 1. The van der Waals surface area contributed by atoms with Crippen LogP contribution in [0.1, 0.15) is 5.69 Å². The number of halogens is 6. The van der Waals surface area contributed by atoms with Gasteiger partial charge in [0.25, 0.3) is 0 Å². The van der Waals surface area contributed by atoms with Crippen LogP contribution < -0.4 is 4.74 Å². The standard InChI is InChI=1S/C13H7F6NO2/c14-12(15,16)11-10(21)9(5-6-20-11)7-1-3-8(4-2-7)22-13(17,18)19/h1-6,21H. The Morgan fingerprint density at radius 2 is 1.50 bits per heavy atom. The van der Waals surface area contributed by atoms with Crippen LogP contribution in [0.25, 0.3) is 11.1 Å². The van der Waals surface area contributed by atoms with Gasteiger partial charge in [-0.1, -0.05) is 12.1 Å². The molecule has 0 saturated carbocycles. The Bertz CT molecular complexity index is 664. The van der Waals surface area contributed by atoms with E-state index in [2.05, 4.69) is 9.72 Å². The molecule has 0 atom stereocenters. The van der Waals surface area contributed by atoms with Crippen LogP contribution in [-0.4, -0.2) is 16.5 Å². The van der Waals surface area contributed by atoms with Crippen LogP contribution in [0.4, 0.5) is 26.3 Å². The number of nitrogens with zero attached hydrogens (tertiary/aromatic N) is 1. The summed E-state index contributed by atoms with van der Waals surface area (Å²) >= 11 is 0. The van der Waals surface area contributed by atoms with Crippen molar-refractivity contribution in [1.82, 2.24) is 4.98 Å². The molecule has 0 amide bonds. The number of pyridine rings is 1. The van der Waals surface area contributed by atoms with Crippen molar-refractivity contribution in [3.63, 3.8) is 0 Å². The van der Waals surface area contributed by atoms with Crippen molar-refractivity contribution in [1.29, 1.82) is 0 Å². The monoisotopic (exact) mass is 323 g/mol. The van der Waals surface area contributed by atoms with Gasteiger partial charge in [0.2, 0.25) is 0 Å². The highest BCUT2D eigenvalue weighted by Crippen LogP contribution is 2.40. The number of alkyl halides is 6. The van der Waals surface area contributed by atoms with E-state index in [9.17, 15) is 31.4 Å². The lowest BCUT2D eigenvalue weighted by molar-refractivity contribution is -0.274. The van der Waals surface area contributed by atoms with Gasteiger partial charge in [0.05, 0.1) is 0 Å². The number of hydrogen-bond donors (Lipinski definition) is 1. The third-order valence-corrected chi connectivity index (χ3v) is 2.59. The minimum atomic E-state index is -4.87. The van der Waals surface area contributed by atoms with Crippen molar-refractivity contribution < 1.29 is 36.2 Å². The van der Waals surface area contributed by atoms with Gasteiger partial charge in [-0.2, -0.15) is 13.2 Å². The first-order chi connectivity index (χ1) is 10.1. The predicted octanol–water partition coefficient (Wildman–Crippen LogP) is 4.37. The van der Waals surface area contributed by atoms with Crippen LogP contribution >= 0.6 is 0 Å². The van der Waals surface area contributed by atoms with E-state index in [1.165, 1.54) is 0 Å². The van der Waals surface area contributed by atoms with Crippen LogP contribution in [0.15, 0.2) is 36.5 Å². The number of aromatic hydroxyl groups is 1. The highest BCUT2D eigenvalue weighted by Gasteiger charge is 2.37. The summed E-state index contributed by atoms with van der Waals surface area (Å²) in [7, 11) is 0. The third-order valence-electron chi connectivity index (χ3n) is 2.59. The molecule has 0 aliphatic rings. The second-order valence-electron chi connectivity index (χ2n) is 4.13. The van der Waals surface area contributed by atoms with Gasteiger partial charge in [0, 0.05) is 11.8 Å². The summed E-state index contributed by atoms with van der Waals surface area (Å²) in [5.41, 5.74) is -1.60. The molecular formula is C13H7F6NO2. The van der Waals surface area contributed by atoms with E-state index < -0.39 is 29.7 Å². The Balaban J connectivity index is 2.37. The minimum absolute atomic E-state index is 0.0833. The van der Waals surface area contributed by atoms with Crippen molar-refractivity contribution in [2.24, 2.45) is 0 Å². The van der Waals surface area contributed by atoms with E-state index >= 15 is 0 Å². The Kier molecular flexibility index (Phi) is 3.90. The molecule has 0 spiro atoms. The summed E-state index contributed by atoms with van der Waals surface area (Å²) < 4.78 is 77.6. The molecule has 0 bridgehead atoms. The van der Waals surface area contributed by atoms with Gasteiger partial charge in [0.15, 0.2) is 11.4 Å². The Hall–Kier alpha value is -2.45. The van der Waals surface area contributed by atoms with E-state index in [1.807, 2.05) is 0 Å². The molecule has 22 heavy (non-hydrogen) atoms. The fourth-order valence-corrected chi connectivity index (χ4v) is 1.73. The topological polar surface area (TPSA) is 42.4 Å². The first kappa shape index (κ1) is 15.9. The Morgan fingerprint density at radius 3 is 2.00 bits per heavy atom. The van der Waals surface area contributed by atoms with Gasteiger partial charge in [-0.05, 0) is 23.8 Å². The SMILES string of the molecule is Oc1c(-c2ccc(OC(F)(F)F)cc2)ccnc1C(F)(F)F. The van der Waals surface area contributed by atoms with Crippen molar-refractivity contribution in [2.45, 2.75) is 12.5 Å². The molecule has 1 aromatic heterocycles. The molecule has 1 heterocycles. The maximum atomic E-state index is 12.6. The van der Waals surface area contributed by atoms with Gasteiger partial charge in [0.1, 0.15) is 5.75 Å². The van der Waals surface area contributed by atoms with Gasteiger partial charge < -0.3 is 9.84 Å². The van der Waals surface area contributed by atoms with E-state index in [4.69, 9.17) is 0 Å².